The summed E-state index contributed by atoms with van der Waals surface area (Å²) in [7, 11) is 0. The predicted octanol–water partition coefficient (Wildman–Crippen LogP) is 3.29. The van der Waals surface area contributed by atoms with E-state index in [0.29, 0.717) is 5.56 Å². The third kappa shape index (κ3) is 3.98. The summed E-state index contributed by atoms with van der Waals surface area (Å²) in [6, 6.07) is 14.1. The Labute approximate surface area is 137 Å². The average molecular weight is 394 g/mol. The Kier molecular flexibility index (Phi) is 5.21. The number of benzene rings is 2. The van der Waals surface area contributed by atoms with Crippen molar-refractivity contribution in [3.8, 4) is 5.75 Å². The van der Waals surface area contributed by atoms with Crippen LogP contribution in [0, 0.1) is 3.57 Å². The molecule has 0 bridgehead atoms. The van der Waals surface area contributed by atoms with E-state index in [0.717, 1.165) is 14.8 Å². The number of hydrogen-bond acceptors (Lipinski definition) is 3. The van der Waals surface area contributed by atoms with Crippen molar-refractivity contribution in [3.05, 3.63) is 69.3 Å². The number of allylic oxidation sites excluding steroid dienone is 1. The molecule has 0 saturated heterocycles. The SMILES string of the molecule is C/C=C(\NNC(=O)c1ccccc1I)c1ccc(O)cc1. The molecule has 0 saturated carbocycles. The lowest BCUT2D eigenvalue weighted by molar-refractivity contribution is 0.0941. The molecule has 108 valence electrons. The molecule has 0 heterocycles. The van der Waals surface area contributed by atoms with Gasteiger partial charge in [-0.2, -0.15) is 0 Å². The summed E-state index contributed by atoms with van der Waals surface area (Å²) >= 11 is 2.13. The van der Waals surface area contributed by atoms with E-state index in [1.165, 1.54) is 0 Å². The van der Waals surface area contributed by atoms with Gasteiger partial charge in [-0.1, -0.05) is 18.2 Å². The average Bonchev–Trinajstić information content (AvgIpc) is 2.49. The van der Waals surface area contributed by atoms with Crippen molar-refractivity contribution in [1.29, 1.82) is 0 Å². The number of aromatic hydroxyl groups is 1. The summed E-state index contributed by atoms with van der Waals surface area (Å²) < 4.78 is 0.890. The van der Waals surface area contributed by atoms with Gasteiger partial charge in [-0.3, -0.25) is 15.6 Å². The van der Waals surface area contributed by atoms with Gasteiger partial charge in [-0.05, 0) is 71.5 Å². The van der Waals surface area contributed by atoms with Gasteiger partial charge in [0.2, 0.25) is 0 Å². The van der Waals surface area contributed by atoms with Gasteiger partial charge >= 0.3 is 0 Å². The number of carbonyl (C=O) groups excluding carboxylic acids is 1. The van der Waals surface area contributed by atoms with Gasteiger partial charge in [0.25, 0.3) is 5.91 Å². The fraction of sp³-hybridized carbons (Fsp3) is 0.0625. The van der Waals surface area contributed by atoms with Crippen LogP contribution < -0.4 is 10.9 Å². The summed E-state index contributed by atoms with van der Waals surface area (Å²) in [5.41, 5.74) is 7.84. The second-order valence-corrected chi connectivity index (χ2v) is 5.47. The second-order valence-electron chi connectivity index (χ2n) is 4.31. The maximum absolute atomic E-state index is 12.1. The van der Waals surface area contributed by atoms with Crippen molar-refractivity contribution in [3.63, 3.8) is 0 Å². The van der Waals surface area contributed by atoms with Crippen LogP contribution in [-0.4, -0.2) is 11.0 Å². The van der Waals surface area contributed by atoms with Crippen LogP contribution in [0.2, 0.25) is 0 Å². The van der Waals surface area contributed by atoms with Crippen molar-refractivity contribution in [1.82, 2.24) is 10.9 Å². The first-order chi connectivity index (χ1) is 10.1. The number of hydrazine groups is 1. The molecule has 2 rings (SSSR count). The predicted molar refractivity (Wildman–Crippen MR) is 91.5 cm³/mol. The van der Waals surface area contributed by atoms with E-state index in [-0.39, 0.29) is 11.7 Å². The number of phenols is 1. The topological polar surface area (TPSA) is 61.4 Å². The number of hydrogen-bond donors (Lipinski definition) is 3. The quantitative estimate of drug-likeness (QED) is 0.551. The molecule has 0 fully saturated rings. The van der Waals surface area contributed by atoms with Gasteiger partial charge in [-0.25, -0.2) is 0 Å². The Bertz CT molecular complexity index is 666. The van der Waals surface area contributed by atoms with Crippen LogP contribution in [0.4, 0.5) is 0 Å². The number of amides is 1. The largest absolute Gasteiger partial charge is 0.508 e. The minimum absolute atomic E-state index is 0.196. The highest BCUT2D eigenvalue weighted by molar-refractivity contribution is 14.1. The van der Waals surface area contributed by atoms with Crippen LogP contribution in [0.25, 0.3) is 5.70 Å². The molecule has 0 radical (unpaired) electrons. The first kappa shape index (κ1) is 15.4. The molecule has 3 N–H and O–H groups in total. The Morgan fingerprint density at radius 3 is 2.38 bits per heavy atom. The van der Waals surface area contributed by atoms with E-state index in [1.807, 2.05) is 31.2 Å². The Balaban J connectivity index is 2.06. The summed E-state index contributed by atoms with van der Waals surface area (Å²) in [5, 5.41) is 9.30. The van der Waals surface area contributed by atoms with Crippen molar-refractivity contribution in [2.45, 2.75) is 6.92 Å². The second kappa shape index (κ2) is 7.12. The van der Waals surface area contributed by atoms with E-state index in [4.69, 9.17) is 0 Å². The smallest absolute Gasteiger partial charge is 0.270 e. The minimum Gasteiger partial charge on any atom is -0.508 e. The zero-order chi connectivity index (χ0) is 15.2. The number of rotatable bonds is 4. The fourth-order valence-corrected chi connectivity index (χ4v) is 2.42. The third-order valence-electron chi connectivity index (χ3n) is 2.90. The molecule has 4 nitrogen and oxygen atoms in total. The monoisotopic (exact) mass is 394 g/mol. The molecular weight excluding hydrogens is 379 g/mol. The van der Waals surface area contributed by atoms with Gasteiger partial charge in [-0.15, -0.1) is 0 Å². The van der Waals surface area contributed by atoms with E-state index >= 15 is 0 Å². The van der Waals surface area contributed by atoms with Crippen LogP contribution in [0.3, 0.4) is 0 Å². The molecule has 0 atom stereocenters. The van der Waals surface area contributed by atoms with Crippen molar-refractivity contribution < 1.29 is 9.90 Å². The molecule has 1 amide bonds. The molecule has 5 heteroatoms. The summed E-state index contributed by atoms with van der Waals surface area (Å²) in [6.45, 7) is 1.87. The molecule has 0 spiro atoms. The lowest BCUT2D eigenvalue weighted by atomic mass is 10.1. The molecular formula is C16H15IN2O2. The Morgan fingerprint density at radius 1 is 1.10 bits per heavy atom. The molecule has 0 aromatic heterocycles. The van der Waals surface area contributed by atoms with Gasteiger partial charge in [0, 0.05) is 3.57 Å². The van der Waals surface area contributed by atoms with Gasteiger partial charge in [0.1, 0.15) is 5.75 Å². The van der Waals surface area contributed by atoms with Crippen molar-refractivity contribution in [2.24, 2.45) is 0 Å². The lowest BCUT2D eigenvalue weighted by Gasteiger charge is -2.13. The zero-order valence-electron chi connectivity index (χ0n) is 11.4. The molecule has 0 aliphatic carbocycles. The Hall–Kier alpha value is -2.02. The van der Waals surface area contributed by atoms with Crippen LogP contribution in [0.15, 0.2) is 54.6 Å². The number of phenolic OH excluding ortho intramolecular Hbond substituents is 1. The van der Waals surface area contributed by atoms with E-state index in [9.17, 15) is 9.90 Å². The van der Waals surface area contributed by atoms with E-state index < -0.39 is 0 Å². The number of carbonyl (C=O) groups is 1. The first-order valence-corrected chi connectivity index (χ1v) is 7.46. The lowest BCUT2D eigenvalue weighted by Crippen LogP contribution is -2.36. The summed E-state index contributed by atoms with van der Waals surface area (Å²) in [4.78, 5) is 12.1. The number of halogens is 1. The Morgan fingerprint density at radius 2 is 1.76 bits per heavy atom. The molecule has 2 aromatic rings. The summed E-state index contributed by atoms with van der Waals surface area (Å²) in [6.07, 6.45) is 1.85. The van der Waals surface area contributed by atoms with Crippen LogP contribution >= 0.6 is 22.6 Å². The van der Waals surface area contributed by atoms with Crippen LogP contribution in [-0.2, 0) is 0 Å². The normalized spacial score (nSPS) is 11.0. The van der Waals surface area contributed by atoms with E-state index in [1.54, 1.807) is 30.3 Å². The first-order valence-electron chi connectivity index (χ1n) is 6.38. The molecule has 21 heavy (non-hydrogen) atoms. The highest BCUT2D eigenvalue weighted by Gasteiger charge is 2.09. The molecule has 0 aliphatic rings. The van der Waals surface area contributed by atoms with E-state index in [2.05, 4.69) is 33.4 Å². The van der Waals surface area contributed by atoms with Crippen molar-refractivity contribution >= 4 is 34.2 Å². The molecule has 0 aliphatic heterocycles. The zero-order valence-corrected chi connectivity index (χ0v) is 13.6. The highest BCUT2D eigenvalue weighted by Crippen LogP contribution is 2.16. The van der Waals surface area contributed by atoms with Crippen LogP contribution in [0.5, 0.6) is 5.75 Å². The minimum atomic E-state index is -0.196. The van der Waals surface area contributed by atoms with Crippen molar-refractivity contribution in [2.75, 3.05) is 0 Å². The molecule has 2 aromatic carbocycles. The fourth-order valence-electron chi connectivity index (χ4n) is 1.79. The number of nitrogens with one attached hydrogen (secondary N) is 2. The molecule has 0 unspecified atom stereocenters. The van der Waals surface area contributed by atoms with Crippen LogP contribution in [0.1, 0.15) is 22.8 Å². The van der Waals surface area contributed by atoms with Gasteiger partial charge < -0.3 is 5.11 Å². The highest BCUT2D eigenvalue weighted by atomic mass is 127. The maximum Gasteiger partial charge on any atom is 0.270 e. The maximum atomic E-state index is 12.1. The standard InChI is InChI=1S/C16H15IN2O2/c1-2-15(11-7-9-12(20)10-8-11)18-19-16(21)13-5-3-4-6-14(13)17/h2-10,18,20H,1H3,(H,19,21)/b15-2-. The van der Waals surface area contributed by atoms with Gasteiger partial charge in [0.05, 0.1) is 11.3 Å². The summed E-state index contributed by atoms with van der Waals surface area (Å²) in [5.74, 6) is 0.00945. The van der Waals surface area contributed by atoms with Gasteiger partial charge in [0.15, 0.2) is 0 Å². The third-order valence-corrected chi connectivity index (χ3v) is 3.84.